The summed E-state index contributed by atoms with van der Waals surface area (Å²) in [5.74, 6) is 0.857. The molecule has 1 atom stereocenters. The van der Waals surface area contributed by atoms with Crippen LogP contribution < -0.4 is 10.1 Å². The van der Waals surface area contributed by atoms with E-state index in [1.165, 1.54) is 5.56 Å². The third-order valence-electron chi connectivity index (χ3n) is 2.82. The number of hydrogen-bond acceptors (Lipinski definition) is 3. The Labute approximate surface area is 124 Å². The van der Waals surface area contributed by atoms with E-state index >= 15 is 0 Å². The summed E-state index contributed by atoms with van der Waals surface area (Å²) < 4.78 is 12.1. The average Bonchev–Trinajstić information content (AvgIpc) is 2.33. The average molecular weight is 330 g/mol. The van der Waals surface area contributed by atoms with Crippen LogP contribution in [0.15, 0.2) is 22.7 Å². The second-order valence-electron chi connectivity index (χ2n) is 5.58. The van der Waals surface area contributed by atoms with Crippen molar-refractivity contribution in [2.24, 2.45) is 0 Å². The van der Waals surface area contributed by atoms with Gasteiger partial charge in [-0.25, -0.2) is 0 Å². The molecular formula is C15H24BrNO2. The second-order valence-corrected chi connectivity index (χ2v) is 6.44. The minimum atomic E-state index is -0.102. The van der Waals surface area contributed by atoms with Crippen molar-refractivity contribution in [1.29, 1.82) is 0 Å². The molecule has 1 aromatic carbocycles. The number of likely N-dealkylation sites (N-methyl/N-ethyl adjacent to an activating group) is 1. The first-order chi connectivity index (χ1) is 8.85. The van der Waals surface area contributed by atoms with Crippen LogP contribution in [0.2, 0.25) is 0 Å². The lowest BCUT2D eigenvalue weighted by atomic mass is 10.1. The molecule has 1 aromatic rings. The fraction of sp³-hybridized carbons (Fsp3) is 0.600. The van der Waals surface area contributed by atoms with Crippen molar-refractivity contribution in [3.05, 3.63) is 28.2 Å². The molecule has 4 heteroatoms. The summed E-state index contributed by atoms with van der Waals surface area (Å²) in [6.07, 6.45) is 0.926. The van der Waals surface area contributed by atoms with Gasteiger partial charge in [-0.1, -0.05) is 6.07 Å². The van der Waals surface area contributed by atoms with Crippen LogP contribution in [-0.4, -0.2) is 32.4 Å². The number of ether oxygens (including phenoxy) is 2. The molecule has 0 saturated carbocycles. The number of benzene rings is 1. The standard InChI is InChI=1S/C15H24BrNO2/c1-15(2,3)19-10-12(17-4)8-11-6-7-14(18-5)13(16)9-11/h6-7,9,12,17H,8,10H2,1-5H3. The first kappa shape index (κ1) is 16.5. The van der Waals surface area contributed by atoms with Gasteiger partial charge in [-0.15, -0.1) is 0 Å². The van der Waals surface area contributed by atoms with Crippen molar-refractivity contribution in [3.63, 3.8) is 0 Å². The van der Waals surface area contributed by atoms with E-state index in [1.807, 2.05) is 13.1 Å². The van der Waals surface area contributed by atoms with Gasteiger partial charge in [-0.2, -0.15) is 0 Å². The Bertz CT molecular complexity index is 402. The van der Waals surface area contributed by atoms with Crippen LogP contribution >= 0.6 is 15.9 Å². The van der Waals surface area contributed by atoms with Gasteiger partial charge in [0, 0.05) is 6.04 Å². The lowest BCUT2D eigenvalue weighted by Gasteiger charge is -2.24. The number of hydrogen-bond donors (Lipinski definition) is 1. The van der Waals surface area contributed by atoms with Crippen molar-refractivity contribution in [2.45, 2.75) is 38.8 Å². The summed E-state index contributed by atoms with van der Waals surface area (Å²) in [6.45, 7) is 6.92. The van der Waals surface area contributed by atoms with Crippen LogP contribution in [0.4, 0.5) is 0 Å². The first-order valence-electron chi connectivity index (χ1n) is 6.49. The van der Waals surface area contributed by atoms with E-state index in [0.29, 0.717) is 12.6 Å². The fourth-order valence-electron chi connectivity index (χ4n) is 1.72. The topological polar surface area (TPSA) is 30.5 Å². The SMILES string of the molecule is CNC(COC(C)(C)C)Cc1ccc(OC)c(Br)c1. The van der Waals surface area contributed by atoms with Crippen molar-refractivity contribution in [3.8, 4) is 5.75 Å². The number of nitrogens with one attached hydrogen (secondary N) is 1. The Morgan fingerprint density at radius 1 is 1.32 bits per heavy atom. The van der Waals surface area contributed by atoms with E-state index in [-0.39, 0.29) is 5.60 Å². The van der Waals surface area contributed by atoms with Crippen LogP contribution in [0.5, 0.6) is 5.75 Å². The summed E-state index contributed by atoms with van der Waals surface area (Å²) in [5.41, 5.74) is 1.15. The van der Waals surface area contributed by atoms with E-state index in [1.54, 1.807) is 7.11 Å². The zero-order valence-electron chi connectivity index (χ0n) is 12.4. The maximum Gasteiger partial charge on any atom is 0.133 e. The summed E-state index contributed by atoms with van der Waals surface area (Å²) in [7, 11) is 3.64. The summed E-state index contributed by atoms with van der Waals surface area (Å²) in [4.78, 5) is 0. The molecule has 0 aliphatic carbocycles. The lowest BCUT2D eigenvalue weighted by molar-refractivity contribution is -0.0134. The largest absolute Gasteiger partial charge is 0.496 e. The molecule has 1 unspecified atom stereocenters. The van der Waals surface area contributed by atoms with Gasteiger partial charge in [0.2, 0.25) is 0 Å². The Morgan fingerprint density at radius 2 is 2.00 bits per heavy atom. The van der Waals surface area contributed by atoms with Gasteiger partial charge < -0.3 is 14.8 Å². The van der Waals surface area contributed by atoms with E-state index in [0.717, 1.165) is 16.6 Å². The molecule has 0 saturated heterocycles. The summed E-state index contributed by atoms with van der Waals surface area (Å²) in [6, 6.07) is 6.47. The molecule has 0 spiro atoms. The molecule has 0 aliphatic heterocycles. The molecule has 1 rings (SSSR count). The van der Waals surface area contributed by atoms with Crippen LogP contribution in [0, 0.1) is 0 Å². The van der Waals surface area contributed by atoms with Crippen molar-refractivity contribution in [2.75, 3.05) is 20.8 Å². The van der Waals surface area contributed by atoms with E-state index in [4.69, 9.17) is 9.47 Å². The van der Waals surface area contributed by atoms with Gasteiger partial charge in [0.1, 0.15) is 5.75 Å². The molecule has 0 amide bonds. The van der Waals surface area contributed by atoms with Crippen LogP contribution in [-0.2, 0) is 11.2 Å². The quantitative estimate of drug-likeness (QED) is 0.867. The maximum atomic E-state index is 5.83. The smallest absolute Gasteiger partial charge is 0.133 e. The van der Waals surface area contributed by atoms with Gasteiger partial charge in [0.05, 0.1) is 23.8 Å². The molecule has 19 heavy (non-hydrogen) atoms. The number of halogens is 1. The van der Waals surface area contributed by atoms with Gasteiger partial charge in [-0.3, -0.25) is 0 Å². The highest BCUT2D eigenvalue weighted by Gasteiger charge is 2.15. The maximum absolute atomic E-state index is 5.83. The highest BCUT2D eigenvalue weighted by molar-refractivity contribution is 9.10. The van der Waals surface area contributed by atoms with Crippen LogP contribution in [0.1, 0.15) is 26.3 Å². The lowest BCUT2D eigenvalue weighted by Crippen LogP contribution is -2.36. The Hall–Kier alpha value is -0.580. The molecule has 0 aromatic heterocycles. The zero-order valence-corrected chi connectivity index (χ0v) is 14.0. The molecule has 0 bridgehead atoms. The fourth-order valence-corrected chi connectivity index (χ4v) is 2.30. The summed E-state index contributed by atoms with van der Waals surface area (Å²) >= 11 is 3.51. The molecule has 3 nitrogen and oxygen atoms in total. The second kappa shape index (κ2) is 7.27. The molecule has 0 fully saturated rings. The Kier molecular flexibility index (Phi) is 6.30. The number of methoxy groups -OCH3 is 1. The first-order valence-corrected chi connectivity index (χ1v) is 7.28. The van der Waals surface area contributed by atoms with Crippen molar-refractivity contribution >= 4 is 15.9 Å². The molecule has 108 valence electrons. The number of rotatable bonds is 6. The Balaban J connectivity index is 2.63. The molecule has 0 radical (unpaired) electrons. The third kappa shape index (κ3) is 5.93. The van der Waals surface area contributed by atoms with Gasteiger partial charge in [0.15, 0.2) is 0 Å². The molecule has 0 aliphatic rings. The normalized spacial score (nSPS) is 13.4. The van der Waals surface area contributed by atoms with E-state index in [9.17, 15) is 0 Å². The zero-order chi connectivity index (χ0) is 14.5. The molecule has 1 N–H and O–H groups in total. The summed E-state index contributed by atoms with van der Waals surface area (Å²) in [5, 5.41) is 3.30. The molecular weight excluding hydrogens is 306 g/mol. The molecule has 0 heterocycles. The highest BCUT2D eigenvalue weighted by atomic mass is 79.9. The highest BCUT2D eigenvalue weighted by Crippen LogP contribution is 2.26. The van der Waals surface area contributed by atoms with E-state index in [2.05, 4.69) is 54.2 Å². The predicted octanol–water partition coefficient (Wildman–Crippen LogP) is 3.40. The van der Waals surface area contributed by atoms with E-state index < -0.39 is 0 Å². The third-order valence-corrected chi connectivity index (χ3v) is 3.44. The van der Waals surface area contributed by atoms with Crippen molar-refractivity contribution < 1.29 is 9.47 Å². The van der Waals surface area contributed by atoms with Crippen LogP contribution in [0.25, 0.3) is 0 Å². The Morgan fingerprint density at radius 3 is 2.47 bits per heavy atom. The minimum absolute atomic E-state index is 0.102. The minimum Gasteiger partial charge on any atom is -0.496 e. The van der Waals surface area contributed by atoms with Gasteiger partial charge in [0.25, 0.3) is 0 Å². The monoisotopic (exact) mass is 329 g/mol. The predicted molar refractivity (Wildman–Crippen MR) is 83.0 cm³/mol. The van der Waals surface area contributed by atoms with Crippen molar-refractivity contribution in [1.82, 2.24) is 5.32 Å². The van der Waals surface area contributed by atoms with Gasteiger partial charge in [-0.05, 0) is 67.9 Å². The van der Waals surface area contributed by atoms with Crippen LogP contribution in [0.3, 0.4) is 0 Å². The van der Waals surface area contributed by atoms with Gasteiger partial charge >= 0.3 is 0 Å².